The fourth-order valence-electron chi connectivity index (χ4n) is 2.07. The van der Waals surface area contributed by atoms with Gasteiger partial charge in [-0.1, -0.05) is 18.2 Å². The van der Waals surface area contributed by atoms with Gasteiger partial charge in [-0.3, -0.25) is 0 Å². The first-order chi connectivity index (χ1) is 10.3. The summed E-state index contributed by atoms with van der Waals surface area (Å²) in [5, 5.41) is 9.12. The Bertz CT molecular complexity index is 790. The minimum Gasteiger partial charge on any atom is -0.497 e. The molecule has 0 aliphatic rings. The van der Waals surface area contributed by atoms with Crippen LogP contribution in [0, 0.1) is 0 Å². The van der Waals surface area contributed by atoms with E-state index in [4.69, 9.17) is 14.3 Å². The van der Waals surface area contributed by atoms with E-state index < -0.39 is 0 Å². The number of oxazole rings is 1. The normalized spacial score (nSPS) is 11.3. The highest BCUT2D eigenvalue weighted by molar-refractivity contribution is 5.76. The second kappa shape index (κ2) is 5.81. The lowest BCUT2D eigenvalue weighted by atomic mass is 10.2. The van der Waals surface area contributed by atoms with Gasteiger partial charge in [-0.2, -0.15) is 0 Å². The SMILES string of the molecule is COc1cccc(/C=C\c2nc3ccc(CO)cc3o2)c1. The molecule has 0 aliphatic carbocycles. The van der Waals surface area contributed by atoms with Crippen molar-refractivity contribution in [1.29, 1.82) is 0 Å². The average Bonchev–Trinajstić information content (AvgIpc) is 2.95. The summed E-state index contributed by atoms with van der Waals surface area (Å²) in [5.74, 6) is 1.34. The first-order valence-corrected chi connectivity index (χ1v) is 6.61. The number of methoxy groups -OCH3 is 1. The molecule has 3 rings (SSSR count). The maximum Gasteiger partial charge on any atom is 0.220 e. The van der Waals surface area contributed by atoms with Crippen LogP contribution in [0.5, 0.6) is 5.75 Å². The van der Waals surface area contributed by atoms with Crippen LogP contribution in [0.2, 0.25) is 0 Å². The summed E-state index contributed by atoms with van der Waals surface area (Å²) in [5.41, 5.74) is 3.26. The minimum absolute atomic E-state index is 0.00831. The first-order valence-electron chi connectivity index (χ1n) is 6.61. The largest absolute Gasteiger partial charge is 0.497 e. The van der Waals surface area contributed by atoms with Crippen molar-refractivity contribution in [3.63, 3.8) is 0 Å². The summed E-state index contributed by atoms with van der Waals surface area (Å²) in [7, 11) is 1.64. The van der Waals surface area contributed by atoms with Crippen molar-refractivity contribution in [2.75, 3.05) is 7.11 Å². The molecule has 0 saturated carbocycles. The minimum atomic E-state index is -0.00831. The Morgan fingerprint density at radius 2 is 2.10 bits per heavy atom. The van der Waals surface area contributed by atoms with E-state index in [1.165, 1.54) is 0 Å². The van der Waals surface area contributed by atoms with Gasteiger partial charge in [-0.05, 0) is 41.5 Å². The zero-order valence-corrected chi connectivity index (χ0v) is 11.6. The quantitative estimate of drug-likeness (QED) is 0.795. The third kappa shape index (κ3) is 2.95. The monoisotopic (exact) mass is 281 g/mol. The summed E-state index contributed by atoms with van der Waals surface area (Å²) in [4.78, 5) is 4.38. The lowest BCUT2D eigenvalue weighted by molar-refractivity contribution is 0.282. The van der Waals surface area contributed by atoms with Crippen molar-refractivity contribution in [3.8, 4) is 5.75 Å². The fraction of sp³-hybridized carbons (Fsp3) is 0.118. The van der Waals surface area contributed by atoms with Crippen molar-refractivity contribution >= 4 is 23.3 Å². The molecule has 1 heterocycles. The highest BCUT2D eigenvalue weighted by Gasteiger charge is 2.04. The zero-order chi connectivity index (χ0) is 14.7. The van der Waals surface area contributed by atoms with Crippen molar-refractivity contribution in [2.24, 2.45) is 0 Å². The summed E-state index contributed by atoms with van der Waals surface area (Å²) in [6, 6.07) is 13.2. The van der Waals surface area contributed by atoms with Gasteiger partial charge in [0.2, 0.25) is 5.89 Å². The van der Waals surface area contributed by atoms with Crippen LogP contribution in [0.3, 0.4) is 0 Å². The predicted molar refractivity (Wildman–Crippen MR) is 81.9 cm³/mol. The molecule has 0 bridgehead atoms. The topological polar surface area (TPSA) is 55.5 Å². The number of aliphatic hydroxyl groups is 1. The zero-order valence-electron chi connectivity index (χ0n) is 11.6. The Kier molecular flexibility index (Phi) is 3.71. The molecule has 0 aliphatic heterocycles. The molecule has 0 atom stereocenters. The van der Waals surface area contributed by atoms with Gasteiger partial charge in [0.1, 0.15) is 11.3 Å². The molecule has 0 saturated heterocycles. The van der Waals surface area contributed by atoms with E-state index in [1.807, 2.05) is 48.6 Å². The molecule has 106 valence electrons. The number of rotatable bonds is 4. The average molecular weight is 281 g/mol. The Labute approximate surface area is 122 Å². The van der Waals surface area contributed by atoms with Crippen molar-refractivity contribution in [2.45, 2.75) is 6.61 Å². The van der Waals surface area contributed by atoms with Crippen LogP contribution in [0.25, 0.3) is 23.3 Å². The predicted octanol–water partition coefficient (Wildman–Crippen LogP) is 3.50. The summed E-state index contributed by atoms with van der Waals surface area (Å²) in [6.45, 7) is -0.00831. The van der Waals surface area contributed by atoms with Gasteiger partial charge >= 0.3 is 0 Å². The Morgan fingerprint density at radius 1 is 1.19 bits per heavy atom. The second-order valence-electron chi connectivity index (χ2n) is 4.62. The summed E-state index contributed by atoms with van der Waals surface area (Å²) < 4.78 is 10.8. The van der Waals surface area contributed by atoms with E-state index in [2.05, 4.69) is 4.98 Å². The third-order valence-electron chi connectivity index (χ3n) is 3.16. The highest BCUT2D eigenvalue weighted by atomic mass is 16.5. The maximum absolute atomic E-state index is 9.12. The summed E-state index contributed by atoms with van der Waals surface area (Å²) in [6.07, 6.45) is 3.73. The van der Waals surface area contributed by atoms with E-state index >= 15 is 0 Å². The molecule has 2 aromatic carbocycles. The molecule has 1 N–H and O–H groups in total. The molecule has 1 aromatic heterocycles. The van der Waals surface area contributed by atoms with Gasteiger partial charge in [0.15, 0.2) is 5.58 Å². The van der Waals surface area contributed by atoms with Crippen LogP contribution < -0.4 is 4.74 Å². The molecule has 3 aromatic rings. The molecule has 21 heavy (non-hydrogen) atoms. The molecule has 0 amide bonds. The second-order valence-corrected chi connectivity index (χ2v) is 4.62. The number of benzene rings is 2. The fourth-order valence-corrected chi connectivity index (χ4v) is 2.07. The van der Waals surface area contributed by atoms with Gasteiger partial charge in [-0.25, -0.2) is 4.98 Å². The van der Waals surface area contributed by atoms with E-state index in [-0.39, 0.29) is 6.61 Å². The molecule has 0 spiro atoms. The number of nitrogens with zero attached hydrogens (tertiary/aromatic N) is 1. The molecule has 0 fully saturated rings. The van der Waals surface area contributed by atoms with Crippen molar-refractivity contribution in [1.82, 2.24) is 4.98 Å². The molecule has 0 unspecified atom stereocenters. The van der Waals surface area contributed by atoms with Crippen LogP contribution >= 0.6 is 0 Å². The van der Waals surface area contributed by atoms with Crippen LogP contribution in [0.15, 0.2) is 46.9 Å². The molecule has 4 heteroatoms. The molecule has 0 radical (unpaired) electrons. The maximum atomic E-state index is 9.12. The van der Waals surface area contributed by atoms with E-state index in [1.54, 1.807) is 13.2 Å². The van der Waals surface area contributed by atoms with Gasteiger partial charge in [-0.15, -0.1) is 0 Å². The smallest absolute Gasteiger partial charge is 0.220 e. The van der Waals surface area contributed by atoms with Crippen LogP contribution in [0.4, 0.5) is 0 Å². The molecular formula is C17H15NO3. The van der Waals surface area contributed by atoms with E-state index in [0.717, 1.165) is 22.4 Å². The van der Waals surface area contributed by atoms with Gasteiger partial charge in [0, 0.05) is 6.08 Å². The lowest BCUT2D eigenvalue weighted by Crippen LogP contribution is -1.82. The number of aromatic nitrogens is 1. The Hall–Kier alpha value is -2.59. The van der Waals surface area contributed by atoms with Crippen LogP contribution in [0.1, 0.15) is 17.0 Å². The van der Waals surface area contributed by atoms with Crippen LogP contribution in [-0.4, -0.2) is 17.2 Å². The van der Waals surface area contributed by atoms with Gasteiger partial charge in [0.05, 0.1) is 13.7 Å². The van der Waals surface area contributed by atoms with Crippen molar-refractivity contribution in [3.05, 3.63) is 59.5 Å². The molecular weight excluding hydrogens is 266 g/mol. The van der Waals surface area contributed by atoms with Gasteiger partial charge in [0.25, 0.3) is 0 Å². The number of ether oxygens (including phenoxy) is 1. The van der Waals surface area contributed by atoms with Gasteiger partial charge < -0.3 is 14.3 Å². The third-order valence-corrected chi connectivity index (χ3v) is 3.16. The van der Waals surface area contributed by atoms with E-state index in [9.17, 15) is 0 Å². The number of aliphatic hydroxyl groups excluding tert-OH is 1. The molecule has 4 nitrogen and oxygen atoms in total. The first kappa shape index (κ1) is 13.4. The Morgan fingerprint density at radius 3 is 2.90 bits per heavy atom. The standard InChI is InChI=1S/C17H15NO3/c1-20-14-4-2-3-12(9-14)6-8-17-18-15-7-5-13(11-19)10-16(15)21-17/h2-10,19H,11H2,1H3/b8-6-. The summed E-state index contributed by atoms with van der Waals surface area (Å²) >= 11 is 0. The number of hydrogen-bond acceptors (Lipinski definition) is 4. The van der Waals surface area contributed by atoms with E-state index in [0.29, 0.717) is 11.5 Å². The Balaban J connectivity index is 1.88. The number of hydrogen-bond donors (Lipinski definition) is 1. The van der Waals surface area contributed by atoms with Crippen molar-refractivity contribution < 1.29 is 14.3 Å². The van der Waals surface area contributed by atoms with Crippen LogP contribution in [-0.2, 0) is 6.61 Å². The number of fused-ring (bicyclic) bond motifs is 1. The lowest BCUT2D eigenvalue weighted by Gasteiger charge is -1.99. The highest BCUT2D eigenvalue weighted by Crippen LogP contribution is 2.20.